The van der Waals surface area contributed by atoms with E-state index >= 15 is 0 Å². The van der Waals surface area contributed by atoms with Crippen molar-refractivity contribution >= 4 is 17.8 Å². The normalized spacial score (nSPS) is 17.9. The molecule has 0 saturated carbocycles. The third kappa shape index (κ3) is 4.52. The van der Waals surface area contributed by atoms with Gasteiger partial charge in [-0.2, -0.15) is 0 Å². The number of allylic oxidation sites excluding steroid dienone is 1. The molecule has 0 amide bonds. The number of aromatic hydroxyl groups is 1. The fourth-order valence-electron chi connectivity index (χ4n) is 3.97. The molecule has 0 aromatic heterocycles. The molecule has 0 bridgehead atoms. The molecule has 2 aromatic rings. The number of piperazine rings is 1. The van der Waals surface area contributed by atoms with Crippen molar-refractivity contribution in [1.82, 2.24) is 9.80 Å². The maximum atomic E-state index is 12.9. The number of hydrogen-bond acceptors (Lipinski definition) is 8. The maximum Gasteiger partial charge on any atom is 0.337 e. The molecule has 2 N–H and O–H groups in total. The van der Waals surface area contributed by atoms with Gasteiger partial charge in [0.15, 0.2) is 5.76 Å². The minimum atomic E-state index is -0.429. The minimum absolute atomic E-state index is 0.0954. The van der Waals surface area contributed by atoms with Crippen LogP contribution in [0, 0.1) is 0 Å². The summed E-state index contributed by atoms with van der Waals surface area (Å²) in [7, 11) is 1.32. The number of phenolic OH excluding ortho intramolecular Hbond substituents is 1. The summed E-state index contributed by atoms with van der Waals surface area (Å²) in [6.45, 7) is 4.54. The van der Waals surface area contributed by atoms with Crippen molar-refractivity contribution in [2.75, 3.05) is 46.4 Å². The van der Waals surface area contributed by atoms with E-state index in [4.69, 9.17) is 14.6 Å². The number of carbonyl (C=O) groups excluding carboxylic acids is 2. The summed E-state index contributed by atoms with van der Waals surface area (Å²) in [6.07, 6.45) is 1.62. The van der Waals surface area contributed by atoms with Crippen LogP contribution in [0.3, 0.4) is 0 Å². The molecule has 2 heterocycles. The van der Waals surface area contributed by atoms with E-state index in [1.807, 2.05) is 0 Å². The predicted molar refractivity (Wildman–Crippen MR) is 118 cm³/mol. The molecule has 0 radical (unpaired) electrons. The summed E-state index contributed by atoms with van der Waals surface area (Å²) >= 11 is 0. The summed E-state index contributed by atoms with van der Waals surface area (Å²) in [5, 5.41) is 19.6. The van der Waals surface area contributed by atoms with Crippen LogP contribution in [0.5, 0.6) is 11.5 Å². The SMILES string of the molecule is COC(=O)c1ccc(/C=C2\Oc3c(ccc(O)c3CN3CCN(CCO)CC3)C2=O)cc1. The van der Waals surface area contributed by atoms with Gasteiger partial charge in [0, 0.05) is 39.3 Å². The molecule has 168 valence electrons. The molecule has 8 heteroatoms. The number of phenols is 1. The molecule has 1 fully saturated rings. The zero-order chi connectivity index (χ0) is 22.7. The van der Waals surface area contributed by atoms with Crippen molar-refractivity contribution in [3.63, 3.8) is 0 Å². The lowest BCUT2D eigenvalue weighted by atomic mass is 10.0. The summed E-state index contributed by atoms with van der Waals surface area (Å²) in [5.74, 6) is -0.0122. The van der Waals surface area contributed by atoms with Gasteiger partial charge in [-0.15, -0.1) is 0 Å². The van der Waals surface area contributed by atoms with Gasteiger partial charge in [0.25, 0.3) is 0 Å². The monoisotopic (exact) mass is 438 g/mol. The number of benzene rings is 2. The smallest absolute Gasteiger partial charge is 0.337 e. The van der Waals surface area contributed by atoms with Crippen LogP contribution < -0.4 is 4.74 Å². The Hall–Kier alpha value is -3.20. The number of hydrogen-bond donors (Lipinski definition) is 2. The summed E-state index contributed by atoms with van der Waals surface area (Å²) in [5.41, 5.74) is 2.15. The van der Waals surface area contributed by atoms with Gasteiger partial charge in [-0.1, -0.05) is 12.1 Å². The third-order valence-corrected chi connectivity index (χ3v) is 5.81. The van der Waals surface area contributed by atoms with Crippen molar-refractivity contribution in [3.05, 3.63) is 64.4 Å². The highest BCUT2D eigenvalue weighted by molar-refractivity contribution is 6.15. The number of fused-ring (bicyclic) bond motifs is 1. The lowest BCUT2D eigenvalue weighted by Gasteiger charge is -2.34. The highest BCUT2D eigenvalue weighted by Crippen LogP contribution is 2.40. The van der Waals surface area contributed by atoms with E-state index in [0.29, 0.717) is 41.1 Å². The van der Waals surface area contributed by atoms with Gasteiger partial charge in [0.1, 0.15) is 11.5 Å². The number of rotatable bonds is 6. The Balaban J connectivity index is 1.52. The van der Waals surface area contributed by atoms with Crippen LogP contribution >= 0.6 is 0 Å². The zero-order valence-electron chi connectivity index (χ0n) is 17.9. The van der Waals surface area contributed by atoms with E-state index in [1.54, 1.807) is 36.4 Å². The topological polar surface area (TPSA) is 99.5 Å². The Bertz CT molecular complexity index is 1040. The number of β-amino-alcohol motifs (C(OH)–C–C–N with tert-alkyl or cyclic N) is 1. The van der Waals surface area contributed by atoms with E-state index in [9.17, 15) is 14.7 Å². The second-order valence-corrected chi connectivity index (χ2v) is 7.83. The molecular formula is C24H26N2O6. The number of aliphatic hydroxyl groups is 1. The number of esters is 1. The van der Waals surface area contributed by atoms with Crippen molar-refractivity contribution in [3.8, 4) is 11.5 Å². The first-order chi connectivity index (χ1) is 15.5. The lowest BCUT2D eigenvalue weighted by molar-refractivity contribution is 0.0600. The second kappa shape index (κ2) is 9.52. The average molecular weight is 438 g/mol. The Labute approximate surface area is 186 Å². The number of ether oxygens (including phenoxy) is 2. The number of methoxy groups -OCH3 is 1. The minimum Gasteiger partial charge on any atom is -0.507 e. The van der Waals surface area contributed by atoms with Crippen molar-refractivity contribution in [2.24, 2.45) is 0 Å². The summed E-state index contributed by atoms with van der Waals surface area (Å²) in [4.78, 5) is 28.9. The van der Waals surface area contributed by atoms with E-state index in [1.165, 1.54) is 13.2 Å². The molecule has 32 heavy (non-hydrogen) atoms. The van der Waals surface area contributed by atoms with Crippen LogP contribution in [-0.4, -0.2) is 78.2 Å². The van der Waals surface area contributed by atoms with Gasteiger partial charge < -0.3 is 19.7 Å². The Morgan fingerprint density at radius 1 is 1.09 bits per heavy atom. The molecule has 2 aliphatic rings. The first-order valence-electron chi connectivity index (χ1n) is 10.5. The Morgan fingerprint density at radius 3 is 2.44 bits per heavy atom. The van der Waals surface area contributed by atoms with Crippen molar-refractivity contribution < 1.29 is 29.3 Å². The van der Waals surface area contributed by atoms with Gasteiger partial charge in [0.2, 0.25) is 5.78 Å². The summed E-state index contributed by atoms with van der Waals surface area (Å²) in [6, 6.07) is 9.78. The molecule has 1 saturated heterocycles. The van der Waals surface area contributed by atoms with Crippen LogP contribution in [0.2, 0.25) is 0 Å². The largest absolute Gasteiger partial charge is 0.507 e. The van der Waals surface area contributed by atoms with E-state index < -0.39 is 5.97 Å². The second-order valence-electron chi connectivity index (χ2n) is 7.83. The summed E-state index contributed by atoms with van der Waals surface area (Å²) < 4.78 is 10.6. The molecule has 0 atom stereocenters. The molecule has 8 nitrogen and oxygen atoms in total. The first kappa shape index (κ1) is 22.0. The van der Waals surface area contributed by atoms with E-state index in [0.717, 1.165) is 26.2 Å². The Morgan fingerprint density at radius 2 is 1.78 bits per heavy atom. The van der Waals surface area contributed by atoms with Crippen LogP contribution in [0.15, 0.2) is 42.2 Å². The third-order valence-electron chi connectivity index (χ3n) is 5.81. The predicted octanol–water partition coefficient (Wildman–Crippen LogP) is 1.90. The Kier molecular flexibility index (Phi) is 6.55. The first-order valence-corrected chi connectivity index (χ1v) is 10.5. The van der Waals surface area contributed by atoms with Gasteiger partial charge in [0.05, 0.1) is 30.4 Å². The molecule has 0 aliphatic carbocycles. The van der Waals surface area contributed by atoms with E-state index in [2.05, 4.69) is 9.80 Å². The van der Waals surface area contributed by atoms with E-state index in [-0.39, 0.29) is 23.9 Å². The fourth-order valence-corrected chi connectivity index (χ4v) is 3.97. The van der Waals surface area contributed by atoms with Crippen LogP contribution in [0.1, 0.15) is 31.8 Å². The molecule has 4 rings (SSSR count). The fraction of sp³-hybridized carbons (Fsp3) is 0.333. The highest BCUT2D eigenvalue weighted by atomic mass is 16.5. The highest BCUT2D eigenvalue weighted by Gasteiger charge is 2.32. The molecule has 2 aromatic carbocycles. The number of ketones is 1. The molecule has 0 unspecified atom stereocenters. The quantitative estimate of drug-likeness (QED) is 0.521. The molecule has 0 spiro atoms. The van der Waals surface area contributed by atoms with Gasteiger partial charge in [-0.25, -0.2) is 4.79 Å². The molecular weight excluding hydrogens is 412 g/mol. The zero-order valence-corrected chi connectivity index (χ0v) is 17.9. The van der Waals surface area contributed by atoms with Crippen molar-refractivity contribution in [1.29, 1.82) is 0 Å². The van der Waals surface area contributed by atoms with Gasteiger partial charge in [-0.05, 0) is 35.9 Å². The van der Waals surface area contributed by atoms with Crippen LogP contribution in [0.4, 0.5) is 0 Å². The standard InChI is InChI=1S/C24H26N2O6/c1-31-24(30)17-4-2-16(3-5-17)14-21-22(29)18-6-7-20(28)19(23(18)32-21)15-26-10-8-25(9-11-26)12-13-27/h2-7,14,27-28H,8-13,15H2,1H3/b21-14-. The number of Topliss-reactive ketones (excluding diaryl/α,β-unsaturated/α-hetero) is 1. The van der Waals surface area contributed by atoms with Crippen molar-refractivity contribution in [2.45, 2.75) is 6.54 Å². The van der Waals surface area contributed by atoms with Crippen LogP contribution in [0.25, 0.3) is 6.08 Å². The lowest BCUT2D eigenvalue weighted by Crippen LogP contribution is -2.46. The molecule has 2 aliphatic heterocycles. The average Bonchev–Trinajstić information content (AvgIpc) is 3.12. The number of aliphatic hydroxyl groups excluding tert-OH is 1. The maximum absolute atomic E-state index is 12.9. The van der Waals surface area contributed by atoms with Gasteiger partial charge in [-0.3, -0.25) is 14.6 Å². The van der Waals surface area contributed by atoms with Crippen LogP contribution in [-0.2, 0) is 11.3 Å². The van der Waals surface area contributed by atoms with Gasteiger partial charge >= 0.3 is 5.97 Å². The number of carbonyl (C=O) groups is 2. The number of nitrogens with zero attached hydrogens (tertiary/aromatic N) is 2.